The van der Waals surface area contributed by atoms with Gasteiger partial charge in [0.1, 0.15) is 13.2 Å². The van der Waals surface area contributed by atoms with Crippen LogP contribution in [0.5, 0.6) is 11.5 Å². The van der Waals surface area contributed by atoms with Gasteiger partial charge in [0.25, 0.3) is 0 Å². The van der Waals surface area contributed by atoms with Crippen LogP contribution < -0.4 is 9.47 Å². The summed E-state index contributed by atoms with van der Waals surface area (Å²) in [6.07, 6.45) is 0. The summed E-state index contributed by atoms with van der Waals surface area (Å²) in [5.41, 5.74) is 3.40. The zero-order valence-corrected chi connectivity index (χ0v) is 27.8. The molecule has 260 valence electrons. The maximum absolute atomic E-state index is 5.92. The van der Waals surface area contributed by atoms with Gasteiger partial charge in [-0.15, -0.1) is 0 Å². The first kappa shape index (κ1) is 38.4. The smallest absolute Gasteiger partial charge is 0.161 e. The molecule has 0 saturated carbocycles. The van der Waals surface area contributed by atoms with Gasteiger partial charge in [-0.05, 0) is 35.7 Å². The van der Waals surface area contributed by atoms with Gasteiger partial charge in [-0.3, -0.25) is 0 Å². The molecular weight excluding hydrogens is 604 g/mol. The Morgan fingerprint density at radius 3 is 1.09 bits per heavy atom. The van der Waals surface area contributed by atoms with E-state index in [-0.39, 0.29) is 0 Å². The van der Waals surface area contributed by atoms with E-state index in [2.05, 4.69) is 0 Å². The van der Waals surface area contributed by atoms with Gasteiger partial charge in [-0.2, -0.15) is 0 Å². The van der Waals surface area contributed by atoms with Crippen LogP contribution in [-0.2, 0) is 51.1 Å². The molecule has 0 aliphatic carbocycles. The van der Waals surface area contributed by atoms with Crippen molar-refractivity contribution in [1.29, 1.82) is 0 Å². The minimum absolute atomic E-state index is 0.407. The third-order valence-corrected chi connectivity index (χ3v) is 6.52. The molecule has 0 amide bonds. The Labute approximate surface area is 280 Å². The Hall–Kier alpha value is -3.06. The topological polar surface area (TPSA) is 92.3 Å². The summed E-state index contributed by atoms with van der Waals surface area (Å²) in [5.74, 6) is 1.36. The summed E-state index contributed by atoms with van der Waals surface area (Å²) >= 11 is 0. The minimum Gasteiger partial charge on any atom is -0.487 e. The Morgan fingerprint density at radius 2 is 0.681 bits per heavy atom. The lowest BCUT2D eigenvalue weighted by atomic mass is 10.2. The second-order valence-electron chi connectivity index (χ2n) is 10.4. The Bertz CT molecular complexity index is 1130. The third-order valence-electron chi connectivity index (χ3n) is 6.52. The maximum atomic E-state index is 5.92. The molecule has 0 radical (unpaired) electrons. The first-order chi connectivity index (χ1) is 23.3. The summed E-state index contributed by atoms with van der Waals surface area (Å²) in [5, 5.41) is 0. The van der Waals surface area contributed by atoms with Crippen molar-refractivity contribution in [2.45, 2.75) is 20.1 Å². The van der Waals surface area contributed by atoms with E-state index >= 15 is 0 Å². The van der Waals surface area contributed by atoms with Crippen LogP contribution in [0.25, 0.3) is 0 Å². The molecular formula is C37H52O10. The van der Waals surface area contributed by atoms with Crippen LogP contribution in [0.3, 0.4) is 0 Å². The molecule has 0 atom stereocenters. The van der Waals surface area contributed by atoms with Crippen LogP contribution in [0.1, 0.15) is 16.7 Å². The van der Waals surface area contributed by atoms with Crippen molar-refractivity contribution in [3.8, 4) is 11.5 Å². The lowest BCUT2D eigenvalue weighted by Crippen LogP contribution is -2.15. The van der Waals surface area contributed by atoms with Gasteiger partial charge < -0.3 is 47.4 Å². The molecule has 0 saturated heterocycles. The lowest BCUT2D eigenvalue weighted by molar-refractivity contribution is -0.00735. The molecule has 3 aromatic carbocycles. The molecule has 0 aliphatic heterocycles. The van der Waals surface area contributed by atoms with E-state index in [9.17, 15) is 0 Å². The Kier molecular flexibility index (Phi) is 22.0. The molecule has 0 aromatic heterocycles. The number of benzene rings is 3. The fourth-order valence-corrected chi connectivity index (χ4v) is 4.12. The van der Waals surface area contributed by atoms with E-state index < -0.39 is 0 Å². The van der Waals surface area contributed by atoms with Crippen LogP contribution in [0.4, 0.5) is 0 Å². The zero-order valence-electron chi connectivity index (χ0n) is 27.8. The first-order valence-electron chi connectivity index (χ1n) is 16.4. The molecule has 3 aromatic rings. The normalized spacial score (nSPS) is 11.2. The second-order valence-corrected chi connectivity index (χ2v) is 10.4. The van der Waals surface area contributed by atoms with Gasteiger partial charge >= 0.3 is 0 Å². The van der Waals surface area contributed by atoms with E-state index in [0.29, 0.717) is 130 Å². The fraction of sp³-hybridized carbons (Fsp3) is 0.514. The maximum Gasteiger partial charge on any atom is 0.161 e. The van der Waals surface area contributed by atoms with E-state index in [4.69, 9.17) is 47.4 Å². The van der Waals surface area contributed by atoms with Gasteiger partial charge in [-0.1, -0.05) is 66.7 Å². The van der Waals surface area contributed by atoms with Gasteiger partial charge in [0.2, 0.25) is 0 Å². The van der Waals surface area contributed by atoms with E-state index in [1.807, 2.05) is 85.8 Å². The number of ether oxygens (including phenoxy) is 10. The molecule has 0 spiro atoms. The van der Waals surface area contributed by atoms with E-state index in [0.717, 1.165) is 16.7 Å². The van der Waals surface area contributed by atoms with Crippen LogP contribution in [0, 0.1) is 6.92 Å². The largest absolute Gasteiger partial charge is 0.487 e. The molecule has 0 aliphatic rings. The van der Waals surface area contributed by atoms with Crippen molar-refractivity contribution in [1.82, 2.24) is 0 Å². The molecule has 0 N–H and O–H groups in total. The van der Waals surface area contributed by atoms with Crippen molar-refractivity contribution < 1.29 is 47.4 Å². The second kappa shape index (κ2) is 26.9. The van der Waals surface area contributed by atoms with Crippen LogP contribution in [0.15, 0.2) is 78.9 Å². The highest BCUT2D eigenvalue weighted by Gasteiger charge is 2.06. The van der Waals surface area contributed by atoms with Gasteiger partial charge in [-0.25, -0.2) is 0 Å². The predicted molar refractivity (Wildman–Crippen MR) is 179 cm³/mol. The van der Waals surface area contributed by atoms with Crippen molar-refractivity contribution in [2.24, 2.45) is 0 Å². The molecule has 0 bridgehead atoms. The number of rotatable bonds is 30. The summed E-state index contributed by atoms with van der Waals surface area (Å²) in [6, 6.07) is 26.0. The highest BCUT2D eigenvalue weighted by molar-refractivity contribution is 5.42. The van der Waals surface area contributed by atoms with Gasteiger partial charge in [0, 0.05) is 0 Å². The molecule has 3 rings (SSSR count). The summed E-state index contributed by atoms with van der Waals surface area (Å²) in [7, 11) is 0. The highest BCUT2D eigenvalue weighted by Crippen LogP contribution is 2.28. The molecule has 0 unspecified atom stereocenters. The lowest BCUT2D eigenvalue weighted by Gasteiger charge is -2.14. The molecule has 0 heterocycles. The van der Waals surface area contributed by atoms with Crippen molar-refractivity contribution >= 4 is 0 Å². The van der Waals surface area contributed by atoms with Gasteiger partial charge in [0.15, 0.2) is 11.5 Å². The molecule has 10 heteroatoms. The zero-order chi connectivity index (χ0) is 32.9. The minimum atomic E-state index is 0.407. The number of hydrogen-bond acceptors (Lipinski definition) is 10. The Balaban J connectivity index is 1.07. The van der Waals surface area contributed by atoms with E-state index in [1.54, 1.807) is 0 Å². The number of hydrogen-bond donors (Lipinski definition) is 0. The Morgan fingerprint density at radius 1 is 0.340 bits per heavy atom. The average Bonchev–Trinajstić information content (AvgIpc) is 3.10. The van der Waals surface area contributed by atoms with Crippen molar-refractivity contribution in [3.05, 3.63) is 95.6 Å². The molecule has 10 nitrogen and oxygen atoms in total. The number of aryl methyl sites for hydroxylation is 1. The standard InChI is InChI=1S/C37H52O10/c1-33-12-13-36(46-28-26-42-20-18-38-14-16-40-22-24-44-31-34-8-4-2-5-9-34)37(30-33)47-29-27-43-21-19-39-15-17-41-23-25-45-32-35-10-6-3-7-11-35/h2-13,30H,14-29,31-32H2,1H3. The predicted octanol–water partition coefficient (Wildman–Crippen LogP) is 5.29. The summed E-state index contributed by atoms with van der Waals surface area (Å²) in [6.45, 7) is 11.1. The van der Waals surface area contributed by atoms with Gasteiger partial charge in [0.05, 0.1) is 106 Å². The fourth-order valence-electron chi connectivity index (χ4n) is 4.12. The van der Waals surface area contributed by atoms with Crippen molar-refractivity contribution in [3.63, 3.8) is 0 Å². The quantitative estimate of drug-likeness (QED) is 0.0883. The average molecular weight is 657 g/mol. The monoisotopic (exact) mass is 656 g/mol. The summed E-state index contributed by atoms with van der Waals surface area (Å²) in [4.78, 5) is 0. The first-order valence-corrected chi connectivity index (χ1v) is 16.4. The highest BCUT2D eigenvalue weighted by atomic mass is 16.6. The van der Waals surface area contributed by atoms with E-state index in [1.165, 1.54) is 0 Å². The van der Waals surface area contributed by atoms with Crippen LogP contribution in [-0.4, -0.2) is 106 Å². The third kappa shape index (κ3) is 20.0. The van der Waals surface area contributed by atoms with Crippen molar-refractivity contribution in [2.75, 3.05) is 106 Å². The van der Waals surface area contributed by atoms with Crippen LogP contribution in [0.2, 0.25) is 0 Å². The van der Waals surface area contributed by atoms with Crippen LogP contribution >= 0.6 is 0 Å². The summed E-state index contributed by atoms with van der Waals surface area (Å²) < 4.78 is 56.4. The molecule has 47 heavy (non-hydrogen) atoms. The SMILES string of the molecule is Cc1ccc(OCCOCCOCCOCCOCc2ccccc2)c(OCCOCCOCCOCCOCc2ccccc2)c1. The molecule has 0 fully saturated rings.